The van der Waals surface area contributed by atoms with Crippen LogP contribution in [0.1, 0.15) is 5.56 Å². The van der Waals surface area contributed by atoms with Crippen LogP contribution in [0.25, 0.3) is 22.4 Å². The summed E-state index contributed by atoms with van der Waals surface area (Å²) in [6.07, 6.45) is 0. The van der Waals surface area contributed by atoms with Crippen LogP contribution in [-0.4, -0.2) is 9.97 Å². The summed E-state index contributed by atoms with van der Waals surface area (Å²) in [7, 11) is 0. The second-order valence-electron chi connectivity index (χ2n) is 4.33. The number of aryl methyl sites for hydroxylation is 1. The predicted molar refractivity (Wildman–Crippen MR) is 81.6 cm³/mol. The van der Waals surface area contributed by atoms with E-state index in [0.29, 0.717) is 9.99 Å². The van der Waals surface area contributed by atoms with Gasteiger partial charge >= 0.3 is 0 Å². The maximum atomic E-state index is 13.5. The summed E-state index contributed by atoms with van der Waals surface area (Å²) < 4.78 is 14.9. The first kappa shape index (κ1) is 12.8. The summed E-state index contributed by atoms with van der Waals surface area (Å²) in [5.74, 6) is 0.431. The second kappa shape index (κ2) is 4.72. The van der Waals surface area contributed by atoms with E-state index in [0.717, 1.165) is 26.9 Å². The van der Waals surface area contributed by atoms with E-state index >= 15 is 0 Å². The van der Waals surface area contributed by atoms with Crippen LogP contribution in [0.15, 0.2) is 39.3 Å². The number of nitrogens with one attached hydrogen (secondary N) is 1. The first-order chi connectivity index (χ1) is 9.04. The Morgan fingerprint density at radius 1 is 1.11 bits per heavy atom. The van der Waals surface area contributed by atoms with Crippen molar-refractivity contribution in [3.8, 4) is 11.4 Å². The molecule has 0 atom stereocenters. The summed E-state index contributed by atoms with van der Waals surface area (Å²) in [6, 6.07) is 9.12. The van der Waals surface area contributed by atoms with Crippen molar-refractivity contribution < 1.29 is 4.39 Å². The number of fused-ring (bicyclic) bond motifs is 1. The summed E-state index contributed by atoms with van der Waals surface area (Å²) in [4.78, 5) is 7.62. The Bertz CT molecular complexity index is 741. The number of rotatable bonds is 1. The number of hydrogen-bond donors (Lipinski definition) is 1. The molecule has 19 heavy (non-hydrogen) atoms. The number of halogens is 3. The molecule has 5 heteroatoms. The molecule has 3 rings (SSSR count). The number of benzene rings is 2. The average molecular weight is 384 g/mol. The van der Waals surface area contributed by atoms with Crippen LogP contribution in [0.2, 0.25) is 0 Å². The first-order valence-electron chi connectivity index (χ1n) is 5.66. The second-order valence-corrected chi connectivity index (χ2v) is 6.04. The molecule has 1 aromatic heterocycles. The van der Waals surface area contributed by atoms with Crippen LogP contribution >= 0.6 is 31.9 Å². The molecule has 0 aliphatic carbocycles. The van der Waals surface area contributed by atoms with Gasteiger partial charge in [0.1, 0.15) is 11.6 Å². The lowest BCUT2D eigenvalue weighted by molar-refractivity contribution is 0.623. The van der Waals surface area contributed by atoms with Gasteiger partial charge in [0, 0.05) is 16.1 Å². The maximum Gasteiger partial charge on any atom is 0.139 e. The minimum atomic E-state index is -0.298. The van der Waals surface area contributed by atoms with Gasteiger partial charge in [-0.05, 0) is 40.5 Å². The van der Waals surface area contributed by atoms with E-state index in [1.165, 1.54) is 6.07 Å². The molecule has 0 unspecified atom stereocenters. The van der Waals surface area contributed by atoms with Crippen LogP contribution in [0.3, 0.4) is 0 Å². The fourth-order valence-corrected chi connectivity index (χ4v) is 2.59. The quantitative estimate of drug-likeness (QED) is 0.614. The molecule has 96 valence electrons. The molecular formula is C14H9Br2FN2. The normalized spacial score (nSPS) is 11.2. The highest BCUT2D eigenvalue weighted by atomic mass is 79.9. The lowest BCUT2D eigenvalue weighted by atomic mass is 10.1. The molecule has 0 fully saturated rings. The van der Waals surface area contributed by atoms with E-state index < -0.39 is 0 Å². The van der Waals surface area contributed by atoms with Crippen LogP contribution in [0, 0.1) is 12.7 Å². The van der Waals surface area contributed by atoms with Crippen LogP contribution in [0.4, 0.5) is 4.39 Å². The Morgan fingerprint density at radius 3 is 2.63 bits per heavy atom. The summed E-state index contributed by atoms with van der Waals surface area (Å²) in [5, 5.41) is 0. The van der Waals surface area contributed by atoms with E-state index in [-0.39, 0.29) is 5.82 Å². The van der Waals surface area contributed by atoms with Crippen molar-refractivity contribution in [3.63, 3.8) is 0 Å². The largest absolute Gasteiger partial charge is 0.338 e. The van der Waals surface area contributed by atoms with E-state index in [4.69, 9.17) is 0 Å². The average Bonchev–Trinajstić information content (AvgIpc) is 2.76. The molecule has 0 saturated carbocycles. The molecule has 0 saturated heterocycles. The van der Waals surface area contributed by atoms with E-state index in [2.05, 4.69) is 41.8 Å². The van der Waals surface area contributed by atoms with Gasteiger partial charge in [0.05, 0.1) is 15.5 Å². The molecule has 2 aromatic carbocycles. The third-order valence-electron chi connectivity index (χ3n) is 2.97. The van der Waals surface area contributed by atoms with Gasteiger partial charge in [-0.3, -0.25) is 0 Å². The Hall–Kier alpha value is -1.20. The highest BCUT2D eigenvalue weighted by molar-refractivity contribution is 9.10. The number of aromatic amines is 1. The van der Waals surface area contributed by atoms with Gasteiger partial charge in [-0.1, -0.05) is 28.1 Å². The van der Waals surface area contributed by atoms with Gasteiger partial charge in [0.25, 0.3) is 0 Å². The predicted octanol–water partition coefficient (Wildman–Crippen LogP) is 5.20. The molecule has 1 heterocycles. The number of imidazole rings is 1. The van der Waals surface area contributed by atoms with E-state index in [1.54, 1.807) is 6.07 Å². The van der Waals surface area contributed by atoms with Gasteiger partial charge in [0.2, 0.25) is 0 Å². The highest BCUT2D eigenvalue weighted by Crippen LogP contribution is 2.27. The summed E-state index contributed by atoms with van der Waals surface area (Å²) in [6.45, 7) is 2.03. The van der Waals surface area contributed by atoms with E-state index in [9.17, 15) is 4.39 Å². The molecule has 0 spiro atoms. The molecule has 1 N–H and O–H groups in total. The van der Waals surface area contributed by atoms with Gasteiger partial charge < -0.3 is 4.98 Å². The Morgan fingerprint density at radius 2 is 1.89 bits per heavy atom. The third kappa shape index (κ3) is 2.32. The van der Waals surface area contributed by atoms with E-state index in [1.807, 2.05) is 25.1 Å². The Balaban J connectivity index is 2.17. The fourth-order valence-electron chi connectivity index (χ4n) is 1.88. The molecule has 0 aliphatic heterocycles. The number of H-pyrrole nitrogens is 1. The maximum absolute atomic E-state index is 13.5. The number of hydrogen-bond acceptors (Lipinski definition) is 1. The smallest absolute Gasteiger partial charge is 0.139 e. The molecular weight excluding hydrogens is 375 g/mol. The van der Waals surface area contributed by atoms with Crippen molar-refractivity contribution in [1.82, 2.24) is 9.97 Å². The summed E-state index contributed by atoms with van der Waals surface area (Å²) in [5.41, 5.74) is 3.55. The molecule has 0 amide bonds. The lowest BCUT2D eigenvalue weighted by Gasteiger charge is -2.00. The molecule has 0 aliphatic rings. The first-order valence-corrected chi connectivity index (χ1v) is 7.24. The van der Waals surface area contributed by atoms with Gasteiger partial charge in [-0.2, -0.15) is 0 Å². The Kier molecular flexibility index (Phi) is 3.19. The van der Waals surface area contributed by atoms with Crippen LogP contribution in [0.5, 0.6) is 0 Å². The van der Waals surface area contributed by atoms with Crippen molar-refractivity contribution >= 4 is 42.9 Å². The number of aromatic nitrogens is 2. The van der Waals surface area contributed by atoms with Crippen molar-refractivity contribution in [2.24, 2.45) is 0 Å². The minimum absolute atomic E-state index is 0.298. The fraction of sp³-hybridized carbons (Fsp3) is 0.0714. The van der Waals surface area contributed by atoms with Crippen LogP contribution in [-0.2, 0) is 0 Å². The number of nitrogens with zero attached hydrogens (tertiary/aromatic N) is 1. The molecule has 3 aromatic rings. The monoisotopic (exact) mass is 382 g/mol. The highest BCUT2D eigenvalue weighted by Gasteiger charge is 2.09. The van der Waals surface area contributed by atoms with Gasteiger partial charge in [-0.15, -0.1) is 0 Å². The van der Waals surface area contributed by atoms with Crippen molar-refractivity contribution in [2.45, 2.75) is 6.92 Å². The van der Waals surface area contributed by atoms with Crippen molar-refractivity contribution in [2.75, 3.05) is 0 Å². The van der Waals surface area contributed by atoms with Gasteiger partial charge in [-0.25, -0.2) is 9.37 Å². The zero-order valence-corrected chi connectivity index (χ0v) is 13.1. The SMILES string of the molecule is Cc1ccc(-c2nc3cc(Br)c(F)cc3[nH]2)cc1Br. The van der Waals surface area contributed by atoms with Crippen molar-refractivity contribution in [3.05, 3.63) is 50.7 Å². The summed E-state index contributed by atoms with van der Waals surface area (Å²) >= 11 is 6.67. The molecule has 0 radical (unpaired) electrons. The van der Waals surface area contributed by atoms with Gasteiger partial charge in [0.15, 0.2) is 0 Å². The standard InChI is InChI=1S/C14H9Br2FN2/c1-7-2-3-8(4-9(7)15)14-18-12-5-10(16)11(17)6-13(12)19-14/h2-6H,1H3,(H,18,19). The van der Waals surface area contributed by atoms with Crippen LogP contribution < -0.4 is 0 Å². The zero-order chi connectivity index (χ0) is 13.6. The minimum Gasteiger partial charge on any atom is -0.338 e. The van der Waals surface area contributed by atoms with Crippen molar-refractivity contribution in [1.29, 1.82) is 0 Å². The third-order valence-corrected chi connectivity index (χ3v) is 4.43. The lowest BCUT2D eigenvalue weighted by Crippen LogP contribution is -1.82. The molecule has 2 nitrogen and oxygen atoms in total. The molecule has 0 bridgehead atoms. The topological polar surface area (TPSA) is 28.7 Å². The Labute approximate surface area is 126 Å². The zero-order valence-electron chi connectivity index (χ0n) is 9.97.